The Morgan fingerprint density at radius 2 is 2.29 bits per heavy atom. The molecule has 1 aromatic heterocycles. The van der Waals surface area contributed by atoms with Crippen LogP contribution in [0, 0.1) is 6.92 Å². The lowest BCUT2D eigenvalue weighted by atomic mass is 10.1. The van der Waals surface area contributed by atoms with Gasteiger partial charge >= 0.3 is 0 Å². The lowest BCUT2D eigenvalue weighted by Crippen LogP contribution is -2.43. The molecule has 1 aromatic rings. The minimum absolute atomic E-state index is 0.196. The van der Waals surface area contributed by atoms with E-state index in [0.29, 0.717) is 24.6 Å². The van der Waals surface area contributed by atoms with Crippen LogP contribution in [-0.2, 0) is 4.79 Å². The van der Waals surface area contributed by atoms with E-state index in [0.717, 1.165) is 12.2 Å². The number of nitrogens with zero attached hydrogens (tertiary/aromatic N) is 3. The van der Waals surface area contributed by atoms with Crippen molar-refractivity contribution < 1.29 is 4.79 Å². The average molecular weight is 235 g/mol. The fraction of sp³-hybridized carbons (Fsp3) is 0.545. The SMILES string of the molecule is Cc1nc(N)cc(NC2CCC(=O)N(C)C2)n1. The molecule has 3 N–H and O–H groups in total. The second kappa shape index (κ2) is 4.57. The number of nitrogens with two attached hydrogens (primary N) is 1. The van der Waals surface area contributed by atoms with Crippen molar-refractivity contribution in [1.82, 2.24) is 14.9 Å². The molecule has 0 aromatic carbocycles. The number of likely N-dealkylation sites (N-methyl/N-ethyl adjacent to an activating group) is 1. The van der Waals surface area contributed by atoms with E-state index in [9.17, 15) is 4.79 Å². The molecular formula is C11H17N5O. The van der Waals surface area contributed by atoms with Crippen LogP contribution in [0.15, 0.2) is 6.07 Å². The fourth-order valence-corrected chi connectivity index (χ4v) is 2.00. The largest absolute Gasteiger partial charge is 0.384 e. The molecule has 2 rings (SSSR count). The smallest absolute Gasteiger partial charge is 0.222 e. The summed E-state index contributed by atoms with van der Waals surface area (Å²) in [4.78, 5) is 21.4. The van der Waals surface area contributed by atoms with Crippen LogP contribution in [0.4, 0.5) is 11.6 Å². The van der Waals surface area contributed by atoms with Crippen LogP contribution >= 0.6 is 0 Å². The lowest BCUT2D eigenvalue weighted by molar-refractivity contribution is -0.132. The topological polar surface area (TPSA) is 84.1 Å². The van der Waals surface area contributed by atoms with Gasteiger partial charge in [0.25, 0.3) is 0 Å². The van der Waals surface area contributed by atoms with Crippen molar-refractivity contribution in [3.63, 3.8) is 0 Å². The number of likely N-dealkylation sites (tertiary alicyclic amines) is 1. The summed E-state index contributed by atoms with van der Waals surface area (Å²) in [5.41, 5.74) is 5.66. The van der Waals surface area contributed by atoms with Crippen molar-refractivity contribution in [2.45, 2.75) is 25.8 Å². The minimum Gasteiger partial charge on any atom is -0.384 e. The number of piperidine rings is 1. The van der Waals surface area contributed by atoms with Crippen molar-refractivity contribution in [2.24, 2.45) is 0 Å². The van der Waals surface area contributed by atoms with Gasteiger partial charge in [-0.25, -0.2) is 9.97 Å². The Kier molecular flexibility index (Phi) is 3.12. The number of aromatic nitrogens is 2. The van der Waals surface area contributed by atoms with Crippen LogP contribution in [0.25, 0.3) is 0 Å². The van der Waals surface area contributed by atoms with Gasteiger partial charge in [0.2, 0.25) is 5.91 Å². The summed E-state index contributed by atoms with van der Waals surface area (Å²) in [5, 5.41) is 3.29. The third kappa shape index (κ3) is 2.83. The Morgan fingerprint density at radius 3 is 2.94 bits per heavy atom. The highest BCUT2D eigenvalue weighted by atomic mass is 16.2. The zero-order valence-corrected chi connectivity index (χ0v) is 10.1. The predicted molar refractivity (Wildman–Crippen MR) is 65.5 cm³/mol. The number of nitrogen functional groups attached to an aromatic ring is 1. The van der Waals surface area contributed by atoms with Crippen molar-refractivity contribution in [2.75, 3.05) is 24.6 Å². The Bertz CT molecular complexity index is 414. The highest BCUT2D eigenvalue weighted by Crippen LogP contribution is 2.15. The van der Waals surface area contributed by atoms with Gasteiger partial charge in [-0.05, 0) is 13.3 Å². The van der Waals surface area contributed by atoms with Gasteiger partial charge in [0.05, 0.1) is 0 Å². The maximum atomic E-state index is 11.4. The van der Waals surface area contributed by atoms with Crippen LogP contribution in [0.2, 0.25) is 0 Å². The van der Waals surface area contributed by atoms with Gasteiger partial charge < -0.3 is 16.0 Å². The summed E-state index contributed by atoms with van der Waals surface area (Å²) >= 11 is 0. The van der Waals surface area contributed by atoms with E-state index in [1.54, 1.807) is 17.9 Å². The van der Waals surface area contributed by atoms with E-state index in [-0.39, 0.29) is 11.9 Å². The van der Waals surface area contributed by atoms with Gasteiger partial charge in [-0.1, -0.05) is 0 Å². The number of carbonyl (C=O) groups is 1. The fourth-order valence-electron chi connectivity index (χ4n) is 2.00. The molecule has 1 fully saturated rings. The summed E-state index contributed by atoms with van der Waals surface area (Å²) < 4.78 is 0. The number of hydrogen-bond acceptors (Lipinski definition) is 5. The Balaban J connectivity index is 2.03. The molecule has 0 aliphatic carbocycles. The van der Waals surface area contributed by atoms with Gasteiger partial charge in [0.1, 0.15) is 17.5 Å². The molecule has 1 aliphatic heterocycles. The molecule has 92 valence electrons. The summed E-state index contributed by atoms with van der Waals surface area (Å²) in [5.74, 6) is 2.03. The van der Waals surface area contributed by atoms with Crippen LogP contribution in [-0.4, -0.2) is 40.4 Å². The summed E-state index contributed by atoms with van der Waals surface area (Å²) in [6.45, 7) is 2.50. The maximum Gasteiger partial charge on any atom is 0.222 e. The standard InChI is InChI=1S/C11H17N5O/c1-7-13-9(12)5-10(14-7)15-8-3-4-11(17)16(2)6-8/h5,8H,3-4,6H2,1-2H3,(H3,12,13,14,15). The number of aryl methyl sites for hydroxylation is 1. The van der Waals surface area contributed by atoms with Gasteiger partial charge in [-0.2, -0.15) is 0 Å². The first-order valence-electron chi connectivity index (χ1n) is 5.66. The number of carbonyl (C=O) groups excluding carboxylic acids is 1. The Labute approximate surface area is 100 Å². The normalized spacial score (nSPS) is 20.5. The van der Waals surface area contributed by atoms with Gasteiger partial charge in [-0.15, -0.1) is 0 Å². The molecule has 2 heterocycles. The molecule has 0 spiro atoms. The average Bonchev–Trinajstić information content (AvgIpc) is 2.22. The van der Waals surface area contributed by atoms with Crippen molar-refractivity contribution in [3.05, 3.63) is 11.9 Å². The molecule has 0 radical (unpaired) electrons. The van der Waals surface area contributed by atoms with Gasteiger partial charge in [0.15, 0.2) is 0 Å². The Morgan fingerprint density at radius 1 is 1.53 bits per heavy atom. The Hall–Kier alpha value is -1.85. The molecule has 0 saturated carbocycles. The first kappa shape index (κ1) is 11.6. The molecule has 0 bridgehead atoms. The molecule has 1 aliphatic rings. The molecular weight excluding hydrogens is 218 g/mol. The van der Waals surface area contributed by atoms with E-state index >= 15 is 0 Å². The zero-order valence-electron chi connectivity index (χ0n) is 10.1. The third-order valence-corrected chi connectivity index (χ3v) is 2.84. The second-order valence-electron chi connectivity index (χ2n) is 4.38. The van der Waals surface area contributed by atoms with Gasteiger partial charge in [0, 0.05) is 32.1 Å². The lowest BCUT2D eigenvalue weighted by Gasteiger charge is -2.30. The van der Waals surface area contributed by atoms with Crippen molar-refractivity contribution >= 4 is 17.5 Å². The first-order valence-corrected chi connectivity index (χ1v) is 5.66. The quantitative estimate of drug-likeness (QED) is 0.775. The minimum atomic E-state index is 0.196. The molecule has 1 amide bonds. The molecule has 1 unspecified atom stereocenters. The number of anilines is 2. The third-order valence-electron chi connectivity index (χ3n) is 2.84. The number of rotatable bonds is 2. The second-order valence-corrected chi connectivity index (χ2v) is 4.38. The van der Waals surface area contributed by atoms with Crippen molar-refractivity contribution in [1.29, 1.82) is 0 Å². The summed E-state index contributed by atoms with van der Waals surface area (Å²) in [6.07, 6.45) is 1.40. The number of hydrogen-bond donors (Lipinski definition) is 2. The van der Waals surface area contributed by atoms with Crippen LogP contribution in [0.3, 0.4) is 0 Å². The number of amides is 1. The predicted octanol–water partition coefficient (Wildman–Crippen LogP) is 0.400. The highest BCUT2D eigenvalue weighted by molar-refractivity contribution is 5.77. The van der Waals surface area contributed by atoms with E-state index in [1.807, 2.05) is 7.05 Å². The molecule has 6 nitrogen and oxygen atoms in total. The molecule has 1 atom stereocenters. The van der Waals surface area contributed by atoms with E-state index in [1.165, 1.54) is 0 Å². The van der Waals surface area contributed by atoms with Crippen molar-refractivity contribution in [3.8, 4) is 0 Å². The number of nitrogens with one attached hydrogen (secondary N) is 1. The van der Waals surface area contributed by atoms with Gasteiger partial charge in [-0.3, -0.25) is 4.79 Å². The van der Waals surface area contributed by atoms with Crippen LogP contribution < -0.4 is 11.1 Å². The molecule has 17 heavy (non-hydrogen) atoms. The maximum absolute atomic E-state index is 11.4. The highest BCUT2D eigenvalue weighted by Gasteiger charge is 2.22. The molecule has 6 heteroatoms. The van der Waals surface area contributed by atoms with Crippen LogP contribution in [0.5, 0.6) is 0 Å². The molecule has 1 saturated heterocycles. The van der Waals surface area contributed by atoms with E-state index in [4.69, 9.17) is 5.73 Å². The zero-order chi connectivity index (χ0) is 12.4. The monoisotopic (exact) mass is 235 g/mol. The van der Waals surface area contributed by atoms with E-state index < -0.39 is 0 Å². The first-order chi connectivity index (χ1) is 8.04. The van der Waals surface area contributed by atoms with E-state index in [2.05, 4.69) is 15.3 Å². The van der Waals surface area contributed by atoms with Crippen LogP contribution in [0.1, 0.15) is 18.7 Å². The summed E-state index contributed by atoms with van der Waals surface area (Å²) in [6, 6.07) is 1.94. The summed E-state index contributed by atoms with van der Waals surface area (Å²) in [7, 11) is 1.82.